The van der Waals surface area contributed by atoms with Gasteiger partial charge in [-0.25, -0.2) is 0 Å². The maximum Gasteiger partial charge on any atom is 0.230 e. The number of hydrogen-bond acceptors (Lipinski definition) is 2. The summed E-state index contributed by atoms with van der Waals surface area (Å²) in [6, 6.07) is 7.83. The zero-order valence-corrected chi connectivity index (χ0v) is 13.4. The van der Waals surface area contributed by atoms with Crippen LogP contribution in [0.1, 0.15) is 22.4 Å². The smallest absolute Gasteiger partial charge is 0.230 e. The van der Waals surface area contributed by atoms with E-state index < -0.39 is 0 Å². The molecular weight excluding hydrogens is 316 g/mol. The number of hydrogen-bond donors (Lipinski definition) is 1. The highest BCUT2D eigenvalue weighted by Gasteiger charge is 2.11. The maximum absolute atomic E-state index is 12.2. The van der Waals surface area contributed by atoms with E-state index >= 15 is 0 Å². The molecule has 0 aliphatic rings. The summed E-state index contributed by atoms with van der Waals surface area (Å²) in [5, 5.41) is 2.98. The van der Waals surface area contributed by atoms with E-state index in [9.17, 15) is 4.79 Å². The summed E-state index contributed by atoms with van der Waals surface area (Å²) in [6.07, 6.45) is 2.01. The van der Waals surface area contributed by atoms with Crippen LogP contribution in [0.15, 0.2) is 34.9 Å². The number of amides is 1. The van der Waals surface area contributed by atoms with Crippen molar-refractivity contribution in [3.63, 3.8) is 0 Å². The molecule has 0 radical (unpaired) electrons. The van der Waals surface area contributed by atoms with Crippen molar-refractivity contribution in [3.8, 4) is 0 Å². The average molecular weight is 333 g/mol. The minimum absolute atomic E-state index is 0.0414. The largest absolute Gasteiger partial charge is 0.325 e. The van der Waals surface area contributed by atoms with Gasteiger partial charge >= 0.3 is 0 Å². The van der Waals surface area contributed by atoms with E-state index in [0.717, 1.165) is 32.5 Å². The van der Waals surface area contributed by atoms with Gasteiger partial charge in [0, 0.05) is 16.4 Å². The van der Waals surface area contributed by atoms with Gasteiger partial charge in [0.25, 0.3) is 0 Å². The van der Waals surface area contributed by atoms with Crippen LogP contribution in [0, 0.1) is 20.8 Å². The molecule has 1 N–H and O–H groups in total. The van der Waals surface area contributed by atoms with Gasteiger partial charge in [-0.1, -0.05) is 22.0 Å². The molecule has 20 heavy (non-hydrogen) atoms. The minimum atomic E-state index is -0.0414. The van der Waals surface area contributed by atoms with Gasteiger partial charge in [0.15, 0.2) is 0 Å². The Morgan fingerprint density at radius 3 is 2.45 bits per heavy atom. The highest BCUT2D eigenvalue weighted by atomic mass is 79.9. The third-order valence-electron chi connectivity index (χ3n) is 3.21. The zero-order chi connectivity index (χ0) is 14.7. The Balaban J connectivity index is 2.15. The lowest BCUT2D eigenvalue weighted by atomic mass is 10.1. The second kappa shape index (κ2) is 6.18. The van der Waals surface area contributed by atoms with Gasteiger partial charge < -0.3 is 5.32 Å². The van der Waals surface area contributed by atoms with Crippen LogP contribution in [0.3, 0.4) is 0 Å². The third kappa shape index (κ3) is 3.45. The van der Waals surface area contributed by atoms with Crippen LogP contribution in [0.25, 0.3) is 0 Å². The second-order valence-electron chi connectivity index (χ2n) is 4.91. The molecule has 0 saturated carbocycles. The molecule has 2 aromatic rings. The monoisotopic (exact) mass is 332 g/mol. The molecular formula is C16H17BrN2O. The first-order chi connectivity index (χ1) is 9.47. The molecule has 0 spiro atoms. The summed E-state index contributed by atoms with van der Waals surface area (Å²) in [5.74, 6) is -0.0414. The number of anilines is 1. The molecule has 3 nitrogen and oxygen atoms in total. The van der Waals surface area contributed by atoms with Crippen molar-refractivity contribution in [1.29, 1.82) is 0 Å². The molecule has 0 atom stereocenters. The van der Waals surface area contributed by atoms with Crippen LogP contribution >= 0.6 is 15.9 Å². The first-order valence-electron chi connectivity index (χ1n) is 6.44. The third-order valence-corrected chi connectivity index (χ3v) is 3.67. The molecule has 4 heteroatoms. The molecule has 1 aromatic heterocycles. The highest BCUT2D eigenvalue weighted by Crippen LogP contribution is 2.25. The molecule has 0 unspecified atom stereocenters. The average Bonchev–Trinajstić information content (AvgIpc) is 2.36. The first-order valence-corrected chi connectivity index (χ1v) is 7.24. The molecule has 0 bridgehead atoms. The number of nitrogens with one attached hydrogen (secondary N) is 1. The summed E-state index contributed by atoms with van der Waals surface area (Å²) in [5.41, 5.74) is 4.82. The van der Waals surface area contributed by atoms with Crippen molar-refractivity contribution in [2.75, 3.05) is 5.32 Å². The van der Waals surface area contributed by atoms with E-state index in [4.69, 9.17) is 0 Å². The fourth-order valence-electron chi connectivity index (χ4n) is 2.15. The summed E-state index contributed by atoms with van der Waals surface area (Å²) >= 11 is 3.45. The van der Waals surface area contributed by atoms with Crippen molar-refractivity contribution >= 4 is 27.5 Å². The van der Waals surface area contributed by atoms with Crippen molar-refractivity contribution in [2.24, 2.45) is 0 Å². The number of halogens is 1. The van der Waals surface area contributed by atoms with E-state index in [0.29, 0.717) is 6.42 Å². The van der Waals surface area contributed by atoms with Crippen LogP contribution in [0.5, 0.6) is 0 Å². The van der Waals surface area contributed by atoms with E-state index in [-0.39, 0.29) is 5.91 Å². The quantitative estimate of drug-likeness (QED) is 0.924. The maximum atomic E-state index is 12.2. The Morgan fingerprint density at radius 2 is 1.85 bits per heavy atom. The van der Waals surface area contributed by atoms with E-state index in [1.165, 1.54) is 0 Å². The van der Waals surface area contributed by atoms with Gasteiger partial charge in [0.05, 0.1) is 12.1 Å². The van der Waals surface area contributed by atoms with Gasteiger partial charge in [0.2, 0.25) is 5.91 Å². The lowest BCUT2D eigenvalue weighted by Gasteiger charge is -2.12. The number of benzene rings is 1. The molecule has 0 aliphatic carbocycles. The predicted octanol–water partition coefficient (Wildman–Crippen LogP) is 3.95. The van der Waals surface area contributed by atoms with Crippen molar-refractivity contribution in [2.45, 2.75) is 27.2 Å². The van der Waals surface area contributed by atoms with E-state index in [2.05, 4.69) is 26.2 Å². The van der Waals surface area contributed by atoms with Gasteiger partial charge in [-0.05, 0) is 55.7 Å². The summed E-state index contributed by atoms with van der Waals surface area (Å²) in [4.78, 5) is 16.4. The molecule has 104 valence electrons. The summed E-state index contributed by atoms with van der Waals surface area (Å²) in [7, 11) is 0. The lowest BCUT2D eigenvalue weighted by molar-refractivity contribution is -0.115. The molecule has 2 rings (SSSR count). The fourth-order valence-corrected chi connectivity index (χ4v) is 2.83. The second-order valence-corrected chi connectivity index (χ2v) is 5.82. The zero-order valence-electron chi connectivity index (χ0n) is 11.8. The predicted molar refractivity (Wildman–Crippen MR) is 84.9 cm³/mol. The summed E-state index contributed by atoms with van der Waals surface area (Å²) < 4.78 is 1.02. The molecule has 1 amide bonds. The van der Waals surface area contributed by atoms with Crippen LogP contribution < -0.4 is 5.32 Å². The van der Waals surface area contributed by atoms with Crippen molar-refractivity contribution < 1.29 is 4.79 Å². The number of carbonyl (C=O) groups is 1. The van der Waals surface area contributed by atoms with Gasteiger partial charge in [-0.3, -0.25) is 9.78 Å². The molecule has 0 aliphatic heterocycles. The molecule has 1 heterocycles. The highest BCUT2D eigenvalue weighted by molar-refractivity contribution is 9.10. The van der Waals surface area contributed by atoms with Crippen molar-refractivity contribution in [3.05, 3.63) is 57.3 Å². The Bertz CT molecular complexity index is 630. The number of carbonyl (C=O) groups excluding carboxylic acids is 1. The Morgan fingerprint density at radius 1 is 1.20 bits per heavy atom. The van der Waals surface area contributed by atoms with E-state index in [1.807, 2.05) is 45.0 Å². The van der Waals surface area contributed by atoms with Crippen LogP contribution in [0.4, 0.5) is 5.69 Å². The number of rotatable bonds is 3. The standard InChI is InChI=1S/C16H17BrN2O/c1-10-5-4-6-18-14(10)9-15(20)19-16-11(2)7-13(17)8-12(16)3/h4-8H,9H2,1-3H3,(H,19,20). The Hall–Kier alpha value is -1.68. The van der Waals surface area contributed by atoms with Crippen molar-refractivity contribution in [1.82, 2.24) is 4.98 Å². The van der Waals surface area contributed by atoms with Gasteiger partial charge in [-0.2, -0.15) is 0 Å². The number of aromatic nitrogens is 1. The number of pyridine rings is 1. The molecule has 0 fully saturated rings. The SMILES string of the molecule is Cc1cccnc1CC(=O)Nc1c(C)cc(Br)cc1C. The lowest BCUT2D eigenvalue weighted by Crippen LogP contribution is -2.17. The fraction of sp³-hybridized carbons (Fsp3) is 0.250. The number of aryl methyl sites for hydroxylation is 3. The van der Waals surface area contributed by atoms with Gasteiger partial charge in [-0.15, -0.1) is 0 Å². The molecule has 0 saturated heterocycles. The minimum Gasteiger partial charge on any atom is -0.325 e. The van der Waals surface area contributed by atoms with E-state index in [1.54, 1.807) is 6.20 Å². The van der Waals surface area contributed by atoms with Gasteiger partial charge in [0.1, 0.15) is 0 Å². The van der Waals surface area contributed by atoms with Crippen LogP contribution in [-0.4, -0.2) is 10.9 Å². The number of nitrogens with zero attached hydrogens (tertiary/aromatic N) is 1. The van der Waals surface area contributed by atoms with Crippen LogP contribution in [0.2, 0.25) is 0 Å². The van der Waals surface area contributed by atoms with Crippen LogP contribution in [-0.2, 0) is 11.2 Å². The first kappa shape index (κ1) is 14.7. The molecule has 1 aromatic carbocycles. The Labute approximate surface area is 127 Å². The normalized spacial score (nSPS) is 10.4. The summed E-state index contributed by atoms with van der Waals surface area (Å²) in [6.45, 7) is 5.94. The topological polar surface area (TPSA) is 42.0 Å². The Kier molecular flexibility index (Phi) is 4.55.